The summed E-state index contributed by atoms with van der Waals surface area (Å²) >= 11 is 1.89. The molecular formula is C66H41NOS. The zero-order chi connectivity index (χ0) is 45.3. The maximum absolute atomic E-state index is 6.77. The number of anilines is 3. The molecule has 0 N–H and O–H groups in total. The third-order valence-corrected chi connectivity index (χ3v) is 16.5. The van der Waals surface area contributed by atoms with Gasteiger partial charge in [-0.15, -0.1) is 0 Å². The zero-order valence-corrected chi connectivity index (χ0v) is 38.3. The van der Waals surface area contributed by atoms with Crippen molar-refractivity contribution in [2.45, 2.75) is 20.6 Å². The monoisotopic (exact) mass is 895 g/mol. The lowest BCUT2D eigenvalue weighted by Gasteiger charge is -2.40. The molecule has 0 unspecified atom stereocenters. The van der Waals surface area contributed by atoms with E-state index in [4.69, 9.17) is 4.74 Å². The molecule has 0 atom stereocenters. The highest BCUT2D eigenvalue weighted by atomic mass is 32.2. The number of fused-ring (bicyclic) bond motifs is 20. The third-order valence-electron chi connectivity index (χ3n) is 15.4. The largest absolute Gasteiger partial charge is 0.457 e. The number of hydrogen-bond donors (Lipinski definition) is 0. The van der Waals surface area contributed by atoms with Crippen LogP contribution in [-0.2, 0) is 10.8 Å². The van der Waals surface area contributed by atoms with Crippen LogP contribution in [0.5, 0.6) is 11.5 Å². The fourth-order valence-corrected chi connectivity index (χ4v) is 13.9. The van der Waals surface area contributed by atoms with Crippen molar-refractivity contribution < 1.29 is 4.74 Å². The Morgan fingerprint density at radius 3 is 1.61 bits per heavy atom. The summed E-state index contributed by atoms with van der Waals surface area (Å²) in [4.78, 5) is 5.13. The average Bonchev–Trinajstić information content (AvgIpc) is 3.88. The van der Waals surface area contributed by atoms with Gasteiger partial charge in [-0.25, -0.2) is 0 Å². The van der Waals surface area contributed by atoms with Crippen LogP contribution in [0.2, 0.25) is 0 Å². The first-order valence-corrected chi connectivity index (χ1v) is 24.6. The smallest absolute Gasteiger partial charge is 0.132 e. The van der Waals surface area contributed by atoms with Gasteiger partial charge < -0.3 is 9.64 Å². The molecule has 0 amide bonds. The van der Waals surface area contributed by atoms with Crippen molar-refractivity contribution in [2.24, 2.45) is 0 Å². The molecule has 0 radical (unpaired) electrons. The molecule has 2 aliphatic carbocycles. The van der Waals surface area contributed by atoms with Crippen LogP contribution < -0.4 is 9.64 Å². The summed E-state index contributed by atoms with van der Waals surface area (Å²) in [5.74, 6) is 1.77. The molecule has 322 valence electrons. The number of para-hydroxylation sites is 2. The summed E-state index contributed by atoms with van der Waals surface area (Å²) < 4.78 is 6.77. The van der Waals surface area contributed by atoms with Gasteiger partial charge in [0.2, 0.25) is 0 Å². The van der Waals surface area contributed by atoms with Crippen LogP contribution in [0.3, 0.4) is 0 Å². The van der Waals surface area contributed by atoms with Gasteiger partial charge in [0.05, 0.1) is 16.5 Å². The van der Waals surface area contributed by atoms with Gasteiger partial charge in [0.25, 0.3) is 0 Å². The Kier molecular flexibility index (Phi) is 8.17. The molecule has 2 heterocycles. The van der Waals surface area contributed by atoms with Gasteiger partial charge in [-0.05, 0) is 127 Å². The van der Waals surface area contributed by atoms with Crippen LogP contribution in [-0.4, -0.2) is 0 Å². The first-order valence-electron chi connectivity index (χ1n) is 23.8. The lowest BCUT2D eigenvalue weighted by Crippen LogP contribution is -2.32. The molecular weight excluding hydrogens is 855 g/mol. The molecule has 2 aliphatic heterocycles. The molecule has 0 bridgehead atoms. The minimum atomic E-state index is -0.616. The van der Waals surface area contributed by atoms with E-state index in [2.05, 4.69) is 254 Å². The molecule has 11 aromatic rings. The highest BCUT2D eigenvalue weighted by Crippen LogP contribution is 2.66. The van der Waals surface area contributed by atoms with E-state index < -0.39 is 10.8 Å². The number of hydrogen-bond acceptors (Lipinski definition) is 3. The number of ether oxygens (including phenoxy) is 1. The molecule has 15 rings (SSSR count). The molecule has 0 aromatic heterocycles. The topological polar surface area (TPSA) is 12.5 Å². The van der Waals surface area contributed by atoms with Gasteiger partial charge in [0, 0.05) is 37.9 Å². The molecule has 3 heteroatoms. The second kappa shape index (κ2) is 14.6. The van der Waals surface area contributed by atoms with E-state index in [1.54, 1.807) is 0 Å². The summed E-state index contributed by atoms with van der Waals surface area (Å²) in [7, 11) is 0. The minimum absolute atomic E-state index is 0.550. The molecule has 2 nitrogen and oxygen atoms in total. The Bertz CT molecular complexity index is 3840. The van der Waals surface area contributed by atoms with E-state index in [1.807, 2.05) is 11.8 Å². The molecule has 2 spiro atoms. The normalized spacial score (nSPS) is 14.4. The SMILES string of the molecule is c1ccc(-c2ccc(N(c3ccc4c(c3)C3(c5ccccc5Oc5ccccc53)c3ccccc3-4)c3cccc4c3-c3c(ccc5ccccc35)C43c4ccccc4Sc4ccccc43)cc2)cc1. The van der Waals surface area contributed by atoms with Gasteiger partial charge in [0.1, 0.15) is 11.5 Å². The maximum atomic E-state index is 6.77. The number of nitrogens with zero attached hydrogens (tertiary/aromatic N) is 1. The van der Waals surface area contributed by atoms with Crippen LogP contribution in [0, 0.1) is 0 Å². The van der Waals surface area contributed by atoms with Gasteiger partial charge >= 0.3 is 0 Å². The Hall–Kier alpha value is -8.37. The highest BCUT2D eigenvalue weighted by Gasteiger charge is 2.53. The van der Waals surface area contributed by atoms with Gasteiger partial charge in [-0.2, -0.15) is 0 Å². The van der Waals surface area contributed by atoms with Gasteiger partial charge in [-0.3, -0.25) is 0 Å². The summed E-state index contributed by atoms with van der Waals surface area (Å²) in [6.07, 6.45) is 0. The van der Waals surface area contributed by atoms with E-state index in [1.165, 1.54) is 87.3 Å². The molecule has 0 saturated carbocycles. The van der Waals surface area contributed by atoms with Gasteiger partial charge in [0.15, 0.2) is 0 Å². The molecule has 0 fully saturated rings. The standard InChI is InChI=1S/C66H41NOS/c1-2-17-42(18-3-1)43-33-36-45(37-34-43)67(46-38-39-49-48-21-6-7-22-50(48)65(57(49)41-46)51-23-8-12-29-59(51)68-60-30-13-9-24-52(60)65)58-28-16-27-55-64(58)63-47-20-5-4-19-44(47)35-40-56(63)66(55)53-25-10-14-31-61(53)69-62-32-15-11-26-54(62)66/h1-41H. The predicted octanol–water partition coefficient (Wildman–Crippen LogP) is 17.3. The molecule has 0 saturated heterocycles. The average molecular weight is 896 g/mol. The van der Waals surface area contributed by atoms with Crippen molar-refractivity contribution in [2.75, 3.05) is 4.90 Å². The van der Waals surface area contributed by atoms with Crippen molar-refractivity contribution in [3.63, 3.8) is 0 Å². The second-order valence-electron chi connectivity index (χ2n) is 18.6. The van der Waals surface area contributed by atoms with Crippen molar-refractivity contribution in [3.8, 4) is 44.9 Å². The lowest BCUT2D eigenvalue weighted by atomic mass is 9.66. The first kappa shape index (κ1) is 38.7. The van der Waals surface area contributed by atoms with Crippen LogP contribution in [0.15, 0.2) is 259 Å². The highest BCUT2D eigenvalue weighted by molar-refractivity contribution is 7.99. The third kappa shape index (κ3) is 5.17. The second-order valence-corrected chi connectivity index (χ2v) is 19.7. The van der Waals surface area contributed by atoms with Crippen molar-refractivity contribution in [1.29, 1.82) is 0 Å². The number of rotatable bonds is 4. The molecule has 11 aromatic carbocycles. The Labute approximate surface area is 405 Å². The van der Waals surface area contributed by atoms with Crippen LogP contribution in [0.25, 0.3) is 44.2 Å². The van der Waals surface area contributed by atoms with E-state index in [0.29, 0.717) is 0 Å². The summed E-state index contributed by atoms with van der Waals surface area (Å²) in [5, 5.41) is 2.49. The van der Waals surface area contributed by atoms with Crippen molar-refractivity contribution >= 4 is 39.6 Å². The van der Waals surface area contributed by atoms with Crippen LogP contribution >= 0.6 is 11.8 Å². The zero-order valence-electron chi connectivity index (χ0n) is 37.4. The Morgan fingerprint density at radius 2 is 0.870 bits per heavy atom. The van der Waals surface area contributed by atoms with Crippen LogP contribution in [0.4, 0.5) is 17.1 Å². The number of benzene rings is 11. The summed E-state index contributed by atoms with van der Waals surface area (Å²) in [6.45, 7) is 0. The molecule has 69 heavy (non-hydrogen) atoms. The summed E-state index contributed by atoms with van der Waals surface area (Å²) in [6, 6.07) is 92.5. The van der Waals surface area contributed by atoms with E-state index in [9.17, 15) is 0 Å². The maximum Gasteiger partial charge on any atom is 0.132 e. The summed E-state index contributed by atoms with van der Waals surface area (Å²) in [5.41, 5.74) is 19.7. The van der Waals surface area contributed by atoms with E-state index >= 15 is 0 Å². The van der Waals surface area contributed by atoms with Crippen LogP contribution in [0.1, 0.15) is 44.5 Å². The van der Waals surface area contributed by atoms with Gasteiger partial charge in [-0.1, -0.05) is 206 Å². The van der Waals surface area contributed by atoms with E-state index in [0.717, 1.165) is 39.7 Å². The minimum Gasteiger partial charge on any atom is -0.457 e. The van der Waals surface area contributed by atoms with Crippen molar-refractivity contribution in [1.82, 2.24) is 0 Å². The Morgan fingerprint density at radius 1 is 0.333 bits per heavy atom. The fourth-order valence-electron chi connectivity index (χ4n) is 12.7. The molecule has 4 aliphatic rings. The quantitative estimate of drug-likeness (QED) is 0.175. The first-order chi connectivity index (χ1) is 34.2. The predicted molar refractivity (Wildman–Crippen MR) is 283 cm³/mol. The van der Waals surface area contributed by atoms with E-state index in [-0.39, 0.29) is 0 Å². The fraction of sp³-hybridized carbons (Fsp3) is 0.0303. The lowest BCUT2D eigenvalue weighted by molar-refractivity contribution is 0.436. The van der Waals surface area contributed by atoms with Crippen molar-refractivity contribution in [3.05, 3.63) is 293 Å². The Balaban J connectivity index is 1.05.